The summed E-state index contributed by atoms with van der Waals surface area (Å²) in [6.45, 7) is 4.00. The quantitative estimate of drug-likeness (QED) is 0.806. The predicted octanol–water partition coefficient (Wildman–Crippen LogP) is 2.89. The Hall–Kier alpha value is -0.770. The fraction of sp³-hybridized carbons (Fsp3) is 0.444. The lowest BCUT2D eigenvalue weighted by Gasteiger charge is -2.03. The molecule has 0 atom stereocenters. The molecule has 0 fully saturated rings. The van der Waals surface area contributed by atoms with E-state index in [1.54, 1.807) is 20.3 Å². The first-order chi connectivity index (χ1) is 6.27. The maximum atomic E-state index is 4.95. The van der Waals surface area contributed by atoms with Gasteiger partial charge in [0, 0.05) is 6.07 Å². The number of hydrogen-bond donors (Lipinski definition) is 0. The van der Waals surface area contributed by atoms with E-state index in [-0.39, 0.29) is 0 Å². The standard InChI is InChI=1S/C7H8BrNO2.C2H6/c1-10-6-4-3-5(8)7(9-6)11-2;1-2/h3-4H,1-2H3;1-2H3. The van der Waals surface area contributed by atoms with Crippen LogP contribution >= 0.6 is 15.9 Å². The number of hydrogen-bond acceptors (Lipinski definition) is 3. The predicted molar refractivity (Wildman–Crippen MR) is 56.4 cm³/mol. The van der Waals surface area contributed by atoms with Gasteiger partial charge in [-0.2, -0.15) is 4.98 Å². The molecule has 0 saturated carbocycles. The summed E-state index contributed by atoms with van der Waals surface area (Å²) in [5, 5.41) is 0. The van der Waals surface area contributed by atoms with Crippen LogP contribution in [-0.4, -0.2) is 19.2 Å². The molecule has 0 unspecified atom stereocenters. The van der Waals surface area contributed by atoms with Gasteiger partial charge in [-0.15, -0.1) is 0 Å². The van der Waals surface area contributed by atoms with Crippen LogP contribution in [0.4, 0.5) is 0 Å². The molecule has 0 radical (unpaired) electrons. The Bertz CT molecular complexity index is 253. The molecule has 1 heterocycles. The molecule has 4 heteroatoms. The molecule has 0 amide bonds. The molecule has 1 aromatic heterocycles. The summed E-state index contributed by atoms with van der Waals surface area (Å²) in [6, 6.07) is 3.58. The van der Waals surface area contributed by atoms with Crippen molar-refractivity contribution in [1.29, 1.82) is 0 Å². The van der Waals surface area contributed by atoms with Crippen molar-refractivity contribution in [2.45, 2.75) is 13.8 Å². The van der Waals surface area contributed by atoms with Crippen molar-refractivity contribution in [3.63, 3.8) is 0 Å². The minimum Gasteiger partial charge on any atom is -0.481 e. The molecule has 74 valence electrons. The minimum absolute atomic E-state index is 0.532. The van der Waals surface area contributed by atoms with Gasteiger partial charge in [-0.25, -0.2) is 0 Å². The van der Waals surface area contributed by atoms with Crippen molar-refractivity contribution < 1.29 is 9.47 Å². The Morgan fingerprint density at radius 1 is 1.15 bits per heavy atom. The third-order valence-corrected chi connectivity index (χ3v) is 1.79. The van der Waals surface area contributed by atoms with Gasteiger partial charge in [0.1, 0.15) is 0 Å². The van der Waals surface area contributed by atoms with Crippen LogP contribution in [0.2, 0.25) is 0 Å². The summed E-state index contributed by atoms with van der Waals surface area (Å²) in [6.07, 6.45) is 0. The van der Waals surface area contributed by atoms with Gasteiger partial charge in [0.05, 0.1) is 18.7 Å². The molecule has 0 N–H and O–H groups in total. The van der Waals surface area contributed by atoms with Crippen LogP contribution in [0.1, 0.15) is 13.8 Å². The van der Waals surface area contributed by atoms with Crippen molar-refractivity contribution in [1.82, 2.24) is 4.98 Å². The van der Waals surface area contributed by atoms with E-state index in [4.69, 9.17) is 9.47 Å². The molecule has 0 aromatic carbocycles. The SMILES string of the molecule is CC.COc1ccc(Br)c(OC)n1. The monoisotopic (exact) mass is 247 g/mol. The molecule has 0 aliphatic heterocycles. The first kappa shape index (κ1) is 12.2. The molecule has 0 saturated heterocycles. The van der Waals surface area contributed by atoms with E-state index in [2.05, 4.69) is 20.9 Å². The van der Waals surface area contributed by atoms with E-state index in [0.717, 1.165) is 4.47 Å². The highest BCUT2D eigenvalue weighted by Gasteiger charge is 2.01. The third kappa shape index (κ3) is 3.63. The molecule has 0 spiro atoms. The highest BCUT2D eigenvalue weighted by atomic mass is 79.9. The second kappa shape index (κ2) is 6.71. The molecule has 0 bridgehead atoms. The lowest BCUT2D eigenvalue weighted by atomic mass is 10.5. The molecule has 0 aliphatic rings. The molecule has 3 nitrogen and oxygen atoms in total. The maximum Gasteiger partial charge on any atom is 0.231 e. The van der Waals surface area contributed by atoms with Gasteiger partial charge in [-0.05, 0) is 22.0 Å². The van der Waals surface area contributed by atoms with Gasteiger partial charge in [0.25, 0.3) is 0 Å². The first-order valence-corrected chi connectivity index (χ1v) is 4.81. The zero-order valence-electron chi connectivity index (χ0n) is 8.30. The summed E-state index contributed by atoms with van der Waals surface area (Å²) in [7, 11) is 3.13. The first-order valence-electron chi connectivity index (χ1n) is 4.02. The van der Waals surface area contributed by atoms with Crippen molar-refractivity contribution in [3.8, 4) is 11.8 Å². The van der Waals surface area contributed by atoms with E-state index < -0.39 is 0 Å². The second-order valence-corrected chi connectivity index (χ2v) is 2.70. The number of methoxy groups -OCH3 is 2. The molecule has 1 rings (SSSR count). The Kier molecular flexibility index (Phi) is 6.32. The van der Waals surface area contributed by atoms with Crippen molar-refractivity contribution >= 4 is 15.9 Å². The average molecular weight is 248 g/mol. The van der Waals surface area contributed by atoms with Gasteiger partial charge in [0.2, 0.25) is 11.8 Å². The minimum atomic E-state index is 0.532. The largest absolute Gasteiger partial charge is 0.481 e. The van der Waals surface area contributed by atoms with Crippen molar-refractivity contribution in [2.24, 2.45) is 0 Å². The Balaban J connectivity index is 0.000000671. The van der Waals surface area contributed by atoms with E-state index in [1.807, 2.05) is 19.9 Å². The van der Waals surface area contributed by atoms with Crippen molar-refractivity contribution in [3.05, 3.63) is 16.6 Å². The third-order valence-electron chi connectivity index (χ3n) is 1.19. The number of ether oxygens (including phenoxy) is 2. The summed E-state index contributed by atoms with van der Waals surface area (Å²) in [4.78, 5) is 4.02. The lowest BCUT2D eigenvalue weighted by molar-refractivity contribution is 0.363. The van der Waals surface area contributed by atoms with E-state index in [0.29, 0.717) is 11.8 Å². The summed E-state index contributed by atoms with van der Waals surface area (Å²) in [5.74, 6) is 1.08. The zero-order valence-corrected chi connectivity index (χ0v) is 9.88. The molecule has 1 aromatic rings. The summed E-state index contributed by atoms with van der Waals surface area (Å²) < 4.78 is 10.7. The molecule has 0 aliphatic carbocycles. The topological polar surface area (TPSA) is 31.4 Å². The van der Waals surface area contributed by atoms with Crippen LogP contribution < -0.4 is 9.47 Å². The van der Waals surface area contributed by atoms with E-state index >= 15 is 0 Å². The number of nitrogens with zero attached hydrogens (tertiary/aromatic N) is 1. The van der Waals surface area contributed by atoms with Gasteiger partial charge in [-0.3, -0.25) is 0 Å². The highest BCUT2D eigenvalue weighted by Crippen LogP contribution is 2.24. The second-order valence-electron chi connectivity index (χ2n) is 1.84. The van der Waals surface area contributed by atoms with Gasteiger partial charge in [-0.1, -0.05) is 13.8 Å². The number of halogens is 1. The zero-order chi connectivity index (χ0) is 10.3. The molecule has 13 heavy (non-hydrogen) atoms. The normalized spacial score (nSPS) is 8.38. The number of pyridine rings is 1. The number of aromatic nitrogens is 1. The summed E-state index contributed by atoms with van der Waals surface area (Å²) in [5.41, 5.74) is 0. The van der Waals surface area contributed by atoms with E-state index in [1.165, 1.54) is 0 Å². The highest BCUT2D eigenvalue weighted by molar-refractivity contribution is 9.10. The Labute approximate surface area is 87.2 Å². The van der Waals surface area contributed by atoms with Crippen LogP contribution in [-0.2, 0) is 0 Å². The fourth-order valence-electron chi connectivity index (χ4n) is 0.663. The lowest BCUT2D eigenvalue weighted by Crippen LogP contribution is -1.92. The van der Waals surface area contributed by atoms with Gasteiger partial charge >= 0.3 is 0 Å². The van der Waals surface area contributed by atoms with Crippen LogP contribution in [0, 0.1) is 0 Å². The fourth-order valence-corrected chi connectivity index (χ4v) is 1.05. The Morgan fingerprint density at radius 2 is 1.77 bits per heavy atom. The van der Waals surface area contributed by atoms with Crippen LogP contribution in [0.5, 0.6) is 11.8 Å². The van der Waals surface area contributed by atoms with Crippen LogP contribution in [0.15, 0.2) is 16.6 Å². The van der Waals surface area contributed by atoms with Gasteiger partial charge in [0.15, 0.2) is 0 Å². The number of rotatable bonds is 2. The molecular formula is C9H14BrNO2. The maximum absolute atomic E-state index is 4.95. The van der Waals surface area contributed by atoms with Crippen molar-refractivity contribution in [2.75, 3.05) is 14.2 Å². The Morgan fingerprint density at radius 3 is 2.23 bits per heavy atom. The average Bonchev–Trinajstić information content (AvgIpc) is 2.22. The smallest absolute Gasteiger partial charge is 0.231 e. The summed E-state index contributed by atoms with van der Waals surface area (Å²) >= 11 is 3.28. The molecular weight excluding hydrogens is 234 g/mol. The van der Waals surface area contributed by atoms with Gasteiger partial charge < -0.3 is 9.47 Å². The van der Waals surface area contributed by atoms with Crippen LogP contribution in [0.25, 0.3) is 0 Å². The van der Waals surface area contributed by atoms with E-state index in [9.17, 15) is 0 Å². The van der Waals surface area contributed by atoms with Crippen LogP contribution in [0.3, 0.4) is 0 Å².